The maximum absolute atomic E-state index is 13.0. The molecule has 2 heterocycles. The zero-order chi connectivity index (χ0) is 23.4. The van der Waals surface area contributed by atoms with Gasteiger partial charge in [-0.3, -0.25) is 0 Å². The normalized spacial score (nSPS) is 24.8. The molecular formula is C26H37FN4O2. The lowest BCUT2D eigenvalue weighted by molar-refractivity contribution is 0.112. The third-order valence-corrected chi connectivity index (χ3v) is 7.25. The second-order valence-corrected chi connectivity index (χ2v) is 10.1. The molecule has 0 amide bonds. The molecule has 1 fully saturated rings. The fourth-order valence-electron chi connectivity index (χ4n) is 5.13. The van der Waals surface area contributed by atoms with Gasteiger partial charge in [0, 0.05) is 39.1 Å². The lowest BCUT2D eigenvalue weighted by Gasteiger charge is -2.41. The molecule has 0 saturated carbocycles. The smallest absolute Gasteiger partial charge is 0.253 e. The van der Waals surface area contributed by atoms with E-state index in [0.29, 0.717) is 41.2 Å². The van der Waals surface area contributed by atoms with E-state index in [-0.39, 0.29) is 12.4 Å². The molecule has 0 N–H and O–H groups in total. The first-order valence-electron chi connectivity index (χ1n) is 12.2. The van der Waals surface area contributed by atoms with Crippen molar-refractivity contribution < 1.29 is 13.5 Å². The second kappa shape index (κ2) is 10.8. The Morgan fingerprint density at radius 1 is 1.09 bits per heavy atom. The maximum Gasteiger partial charge on any atom is 0.253 e. The summed E-state index contributed by atoms with van der Waals surface area (Å²) in [4.78, 5) is 5.05. The van der Waals surface area contributed by atoms with E-state index < -0.39 is 0 Å². The molecule has 2 aromatic rings. The van der Waals surface area contributed by atoms with Gasteiger partial charge in [-0.1, -0.05) is 25.5 Å². The van der Waals surface area contributed by atoms with E-state index in [1.807, 2.05) is 0 Å². The number of likely N-dealkylation sites (N-methyl/N-ethyl adjacent to an activating group) is 1. The van der Waals surface area contributed by atoms with E-state index in [9.17, 15) is 4.39 Å². The van der Waals surface area contributed by atoms with Crippen LogP contribution in [0.4, 0.5) is 4.39 Å². The van der Waals surface area contributed by atoms with Crippen molar-refractivity contribution >= 4 is 0 Å². The zero-order valence-corrected chi connectivity index (χ0v) is 20.3. The van der Waals surface area contributed by atoms with Crippen LogP contribution >= 0.6 is 0 Å². The summed E-state index contributed by atoms with van der Waals surface area (Å²) in [6, 6.07) is 5.92. The standard InChI is InChI=1S/C26H37FN4O2/c1-18(2)24-14-20(19(3)13-21(24)16-31-11-9-30(4)10-12-31)15-25-28-29-26(33-25)17-32-23-7-5-22(27)6-8-23/h5-8,13,18,20-21,24H,9-12,14-17H2,1-4H3. The summed E-state index contributed by atoms with van der Waals surface area (Å²) in [6.07, 6.45) is 4.44. The molecule has 0 spiro atoms. The van der Waals surface area contributed by atoms with Gasteiger partial charge in [-0.05, 0) is 68.3 Å². The molecule has 3 unspecified atom stereocenters. The van der Waals surface area contributed by atoms with Crippen LogP contribution in [0, 0.1) is 29.5 Å². The number of piperazine rings is 1. The van der Waals surface area contributed by atoms with Crippen molar-refractivity contribution in [2.75, 3.05) is 39.8 Å². The average Bonchev–Trinajstić information content (AvgIpc) is 3.24. The fourth-order valence-corrected chi connectivity index (χ4v) is 5.13. The van der Waals surface area contributed by atoms with E-state index in [1.54, 1.807) is 12.1 Å². The molecule has 33 heavy (non-hydrogen) atoms. The van der Waals surface area contributed by atoms with Crippen molar-refractivity contribution in [3.63, 3.8) is 0 Å². The van der Waals surface area contributed by atoms with Crippen LogP contribution in [0.25, 0.3) is 0 Å². The predicted molar refractivity (Wildman–Crippen MR) is 126 cm³/mol. The molecule has 7 heteroatoms. The Balaban J connectivity index is 1.35. The maximum atomic E-state index is 13.0. The van der Waals surface area contributed by atoms with Crippen LogP contribution in [-0.2, 0) is 13.0 Å². The largest absolute Gasteiger partial charge is 0.484 e. The summed E-state index contributed by atoms with van der Waals surface area (Å²) in [5.41, 5.74) is 1.44. The van der Waals surface area contributed by atoms with Gasteiger partial charge in [0.05, 0.1) is 0 Å². The molecule has 1 saturated heterocycles. The quantitative estimate of drug-likeness (QED) is 0.548. The monoisotopic (exact) mass is 456 g/mol. The molecular weight excluding hydrogens is 419 g/mol. The molecule has 1 aliphatic heterocycles. The van der Waals surface area contributed by atoms with E-state index >= 15 is 0 Å². The highest BCUT2D eigenvalue weighted by molar-refractivity contribution is 5.22. The van der Waals surface area contributed by atoms with Crippen LogP contribution < -0.4 is 4.74 Å². The minimum Gasteiger partial charge on any atom is -0.484 e. The Kier molecular flexibility index (Phi) is 7.81. The number of halogens is 1. The lowest BCUT2D eigenvalue weighted by Crippen LogP contribution is -2.47. The minimum atomic E-state index is -0.288. The molecule has 6 nitrogen and oxygen atoms in total. The van der Waals surface area contributed by atoms with Gasteiger partial charge in [-0.25, -0.2) is 4.39 Å². The Bertz CT molecular complexity index is 919. The first kappa shape index (κ1) is 23.9. The zero-order valence-electron chi connectivity index (χ0n) is 20.3. The first-order chi connectivity index (χ1) is 15.9. The van der Waals surface area contributed by atoms with Crippen molar-refractivity contribution in [1.29, 1.82) is 0 Å². The Hall–Kier alpha value is -2.25. The molecule has 3 atom stereocenters. The summed E-state index contributed by atoms with van der Waals surface area (Å²) in [5.74, 6) is 3.71. The molecule has 2 aliphatic rings. The van der Waals surface area contributed by atoms with Crippen LogP contribution in [-0.4, -0.2) is 59.8 Å². The van der Waals surface area contributed by atoms with Crippen LogP contribution in [0.1, 0.15) is 39.0 Å². The number of benzene rings is 1. The number of hydrogen-bond donors (Lipinski definition) is 0. The van der Waals surface area contributed by atoms with E-state index in [4.69, 9.17) is 9.15 Å². The summed E-state index contributed by atoms with van der Waals surface area (Å²) >= 11 is 0. The second-order valence-electron chi connectivity index (χ2n) is 10.1. The Labute approximate surface area is 196 Å². The molecule has 0 radical (unpaired) electrons. The Morgan fingerprint density at radius 2 is 1.79 bits per heavy atom. The topological polar surface area (TPSA) is 54.6 Å². The van der Waals surface area contributed by atoms with Gasteiger partial charge >= 0.3 is 0 Å². The van der Waals surface area contributed by atoms with Crippen molar-refractivity contribution in [3.05, 3.63) is 53.5 Å². The molecule has 1 aromatic heterocycles. The number of rotatable bonds is 8. The van der Waals surface area contributed by atoms with E-state index in [1.165, 1.54) is 30.8 Å². The van der Waals surface area contributed by atoms with Gasteiger partial charge in [0.15, 0.2) is 6.61 Å². The van der Waals surface area contributed by atoms with Gasteiger partial charge in [0.25, 0.3) is 5.89 Å². The third kappa shape index (κ3) is 6.42. The summed E-state index contributed by atoms with van der Waals surface area (Å²) < 4.78 is 24.5. The van der Waals surface area contributed by atoms with E-state index in [2.05, 4.69) is 53.9 Å². The van der Waals surface area contributed by atoms with Gasteiger partial charge in [0.2, 0.25) is 5.89 Å². The van der Waals surface area contributed by atoms with E-state index in [0.717, 1.165) is 32.5 Å². The highest BCUT2D eigenvalue weighted by Gasteiger charge is 2.33. The molecule has 1 aromatic carbocycles. The van der Waals surface area contributed by atoms with Crippen LogP contribution in [0.3, 0.4) is 0 Å². The lowest BCUT2D eigenvalue weighted by atomic mass is 9.69. The minimum absolute atomic E-state index is 0.180. The Morgan fingerprint density at radius 3 is 2.48 bits per heavy atom. The molecule has 180 valence electrons. The molecule has 1 aliphatic carbocycles. The number of hydrogen-bond acceptors (Lipinski definition) is 6. The summed E-state index contributed by atoms with van der Waals surface area (Å²) in [6.45, 7) is 13.0. The van der Waals surface area contributed by atoms with Crippen LogP contribution in [0.2, 0.25) is 0 Å². The highest BCUT2D eigenvalue weighted by Crippen LogP contribution is 2.39. The molecule has 0 bridgehead atoms. The predicted octanol–water partition coefficient (Wildman–Crippen LogP) is 4.43. The van der Waals surface area contributed by atoms with Gasteiger partial charge in [-0.15, -0.1) is 10.2 Å². The van der Waals surface area contributed by atoms with Gasteiger partial charge in [-0.2, -0.15) is 0 Å². The average molecular weight is 457 g/mol. The van der Waals surface area contributed by atoms with Gasteiger partial charge < -0.3 is 19.0 Å². The first-order valence-corrected chi connectivity index (χ1v) is 12.2. The number of nitrogens with zero attached hydrogens (tertiary/aromatic N) is 4. The number of ether oxygens (including phenoxy) is 1. The summed E-state index contributed by atoms with van der Waals surface area (Å²) in [5, 5.41) is 8.41. The highest BCUT2D eigenvalue weighted by atomic mass is 19.1. The number of aromatic nitrogens is 2. The van der Waals surface area contributed by atoms with Crippen molar-refractivity contribution in [1.82, 2.24) is 20.0 Å². The van der Waals surface area contributed by atoms with Crippen LogP contribution in [0.5, 0.6) is 5.75 Å². The fraction of sp³-hybridized carbons (Fsp3) is 0.615. The van der Waals surface area contributed by atoms with Crippen molar-refractivity contribution in [2.24, 2.45) is 23.7 Å². The SMILES string of the molecule is CC1=CC(CN2CCN(C)CC2)C(C(C)C)CC1Cc1nnc(COc2ccc(F)cc2)o1. The van der Waals surface area contributed by atoms with Crippen molar-refractivity contribution in [2.45, 2.75) is 40.2 Å². The summed E-state index contributed by atoms with van der Waals surface area (Å²) in [7, 11) is 2.21. The number of allylic oxidation sites excluding steroid dienone is 1. The molecule has 4 rings (SSSR count). The van der Waals surface area contributed by atoms with Crippen molar-refractivity contribution in [3.8, 4) is 5.75 Å². The van der Waals surface area contributed by atoms with Crippen LogP contribution in [0.15, 0.2) is 40.3 Å². The third-order valence-electron chi connectivity index (χ3n) is 7.25. The van der Waals surface area contributed by atoms with Gasteiger partial charge in [0.1, 0.15) is 11.6 Å².